The second-order valence-corrected chi connectivity index (χ2v) is 7.05. The second kappa shape index (κ2) is 8.16. The van der Waals surface area contributed by atoms with Crippen molar-refractivity contribution in [3.8, 4) is 0 Å². The molecule has 0 aliphatic carbocycles. The van der Waals surface area contributed by atoms with Crippen LogP contribution in [0.25, 0.3) is 16.7 Å². The molecule has 3 heterocycles. The summed E-state index contributed by atoms with van der Waals surface area (Å²) in [6.45, 7) is 1.78. The average Bonchev–Trinajstić information content (AvgIpc) is 2.76. The first-order valence-corrected chi connectivity index (χ1v) is 9.82. The number of rotatable bonds is 3. The predicted octanol–water partition coefficient (Wildman–Crippen LogP) is 2.76. The smallest absolute Gasteiger partial charge is 0.341 e. The van der Waals surface area contributed by atoms with Crippen molar-refractivity contribution < 1.29 is 14.3 Å². The van der Waals surface area contributed by atoms with E-state index in [2.05, 4.69) is 9.98 Å². The molecule has 31 heavy (non-hydrogen) atoms. The molecule has 0 saturated carbocycles. The maximum absolute atomic E-state index is 13.0. The molecular formula is C22H17ClN4O4. The van der Waals surface area contributed by atoms with Crippen molar-refractivity contribution in [2.24, 2.45) is 12.0 Å². The molecule has 0 unspecified atom stereocenters. The van der Waals surface area contributed by atoms with Crippen LogP contribution in [0.2, 0.25) is 5.02 Å². The van der Waals surface area contributed by atoms with Gasteiger partial charge in [-0.25, -0.2) is 9.78 Å². The van der Waals surface area contributed by atoms with Crippen LogP contribution in [0, 0.1) is 0 Å². The lowest BCUT2D eigenvalue weighted by molar-refractivity contribution is 0.0523. The van der Waals surface area contributed by atoms with Crippen molar-refractivity contribution in [3.63, 3.8) is 0 Å². The molecule has 156 valence electrons. The van der Waals surface area contributed by atoms with Crippen molar-refractivity contribution in [1.82, 2.24) is 14.0 Å². The number of benzene rings is 1. The van der Waals surface area contributed by atoms with Crippen LogP contribution in [0.3, 0.4) is 0 Å². The van der Waals surface area contributed by atoms with Crippen molar-refractivity contribution in [3.05, 3.63) is 86.7 Å². The van der Waals surface area contributed by atoms with E-state index in [4.69, 9.17) is 16.3 Å². The van der Waals surface area contributed by atoms with Crippen LogP contribution in [-0.4, -0.2) is 32.4 Å². The van der Waals surface area contributed by atoms with Gasteiger partial charge in [0.25, 0.3) is 11.5 Å². The van der Waals surface area contributed by atoms with E-state index in [0.29, 0.717) is 5.65 Å². The van der Waals surface area contributed by atoms with E-state index in [1.54, 1.807) is 56.6 Å². The fraction of sp³-hybridized carbons (Fsp3) is 0.136. The standard InChI is InChI=1S/C22H17ClN4O4/c1-3-31-22(30)15-12-14-18(24-17-10-6-7-11-27(17)21(14)29)26(2)19(15)25-20(28)13-8-4-5-9-16(13)23/h4-12H,3H2,1-2H3. The largest absolute Gasteiger partial charge is 0.462 e. The molecule has 0 N–H and O–H groups in total. The summed E-state index contributed by atoms with van der Waals surface area (Å²) in [5.41, 5.74) is 0.518. The van der Waals surface area contributed by atoms with Gasteiger partial charge in [-0.3, -0.25) is 14.0 Å². The number of pyridine rings is 2. The van der Waals surface area contributed by atoms with Gasteiger partial charge in [0.1, 0.15) is 16.9 Å². The molecule has 3 aromatic heterocycles. The minimum Gasteiger partial charge on any atom is -0.462 e. The minimum absolute atomic E-state index is 0.0167. The highest BCUT2D eigenvalue weighted by molar-refractivity contribution is 6.33. The van der Waals surface area contributed by atoms with Crippen molar-refractivity contribution in [1.29, 1.82) is 0 Å². The Balaban J connectivity index is 2.08. The van der Waals surface area contributed by atoms with Crippen LogP contribution < -0.4 is 11.0 Å². The van der Waals surface area contributed by atoms with Gasteiger partial charge in [-0.05, 0) is 37.3 Å². The first-order chi connectivity index (χ1) is 14.9. The van der Waals surface area contributed by atoms with Gasteiger partial charge in [-0.2, -0.15) is 4.99 Å². The third-order valence-electron chi connectivity index (χ3n) is 4.72. The summed E-state index contributed by atoms with van der Waals surface area (Å²) in [7, 11) is 1.58. The molecule has 1 amide bonds. The number of ether oxygens (including phenoxy) is 1. The predicted molar refractivity (Wildman–Crippen MR) is 115 cm³/mol. The van der Waals surface area contributed by atoms with Crippen molar-refractivity contribution in [2.45, 2.75) is 6.92 Å². The molecule has 0 atom stereocenters. The van der Waals surface area contributed by atoms with E-state index < -0.39 is 11.9 Å². The zero-order chi connectivity index (χ0) is 22.1. The molecule has 0 bridgehead atoms. The maximum Gasteiger partial charge on any atom is 0.341 e. The van der Waals surface area contributed by atoms with Gasteiger partial charge < -0.3 is 9.30 Å². The number of carbonyl (C=O) groups excluding carboxylic acids is 2. The summed E-state index contributed by atoms with van der Waals surface area (Å²) in [5, 5.41) is 0.429. The highest BCUT2D eigenvalue weighted by Gasteiger charge is 2.19. The second-order valence-electron chi connectivity index (χ2n) is 6.64. The van der Waals surface area contributed by atoms with Crippen LogP contribution in [-0.2, 0) is 11.8 Å². The normalized spacial score (nSPS) is 11.8. The molecule has 0 aliphatic rings. The Labute approximate surface area is 181 Å². The minimum atomic E-state index is -0.705. The first kappa shape index (κ1) is 20.5. The van der Waals surface area contributed by atoms with Crippen LogP contribution in [0.4, 0.5) is 0 Å². The van der Waals surface area contributed by atoms with Crippen molar-refractivity contribution in [2.75, 3.05) is 6.61 Å². The molecule has 0 aliphatic heterocycles. The highest BCUT2D eigenvalue weighted by atomic mass is 35.5. The number of aromatic nitrogens is 3. The molecule has 9 heteroatoms. The SMILES string of the molecule is CCOC(=O)c1cc2c(=O)n3ccccc3nc2n(C)c1=NC(=O)c1ccccc1Cl. The lowest BCUT2D eigenvalue weighted by Crippen LogP contribution is -2.31. The van der Waals surface area contributed by atoms with E-state index in [-0.39, 0.29) is 44.8 Å². The number of hydrogen-bond acceptors (Lipinski definition) is 5. The molecule has 4 aromatic rings. The first-order valence-electron chi connectivity index (χ1n) is 9.44. The molecule has 0 radical (unpaired) electrons. The molecule has 0 fully saturated rings. The summed E-state index contributed by atoms with van der Waals surface area (Å²) >= 11 is 6.12. The summed E-state index contributed by atoms with van der Waals surface area (Å²) < 4.78 is 7.95. The number of fused-ring (bicyclic) bond motifs is 2. The van der Waals surface area contributed by atoms with Gasteiger partial charge in [0, 0.05) is 13.2 Å². The topological polar surface area (TPSA) is 95.0 Å². The third-order valence-corrected chi connectivity index (χ3v) is 5.05. The summed E-state index contributed by atoms with van der Waals surface area (Å²) in [5.74, 6) is -1.34. The molecule has 4 rings (SSSR count). The summed E-state index contributed by atoms with van der Waals surface area (Å²) in [4.78, 5) is 47.2. The number of hydrogen-bond donors (Lipinski definition) is 0. The average molecular weight is 437 g/mol. The lowest BCUT2D eigenvalue weighted by atomic mass is 10.2. The van der Waals surface area contributed by atoms with Gasteiger partial charge in [0.2, 0.25) is 0 Å². The monoisotopic (exact) mass is 436 g/mol. The third kappa shape index (κ3) is 3.62. The van der Waals surface area contributed by atoms with Crippen LogP contribution in [0.1, 0.15) is 27.6 Å². The van der Waals surface area contributed by atoms with Gasteiger partial charge in [0.05, 0.1) is 22.6 Å². The number of halogens is 1. The van der Waals surface area contributed by atoms with E-state index in [1.165, 1.54) is 21.1 Å². The van der Waals surface area contributed by atoms with E-state index in [1.807, 2.05) is 0 Å². The van der Waals surface area contributed by atoms with Gasteiger partial charge in [0.15, 0.2) is 5.49 Å². The Bertz CT molecular complexity index is 1490. The van der Waals surface area contributed by atoms with Gasteiger partial charge in [-0.1, -0.05) is 29.8 Å². The fourth-order valence-corrected chi connectivity index (χ4v) is 3.46. The fourth-order valence-electron chi connectivity index (χ4n) is 3.25. The molecular weight excluding hydrogens is 420 g/mol. The van der Waals surface area contributed by atoms with Crippen LogP contribution in [0.5, 0.6) is 0 Å². The lowest BCUT2D eigenvalue weighted by Gasteiger charge is -2.11. The zero-order valence-corrected chi connectivity index (χ0v) is 17.5. The van der Waals surface area contributed by atoms with E-state index in [0.717, 1.165) is 0 Å². The Morgan fingerprint density at radius 1 is 1.13 bits per heavy atom. The number of nitrogens with zero attached hydrogens (tertiary/aromatic N) is 4. The van der Waals surface area contributed by atoms with Gasteiger partial charge >= 0.3 is 5.97 Å². The van der Waals surface area contributed by atoms with E-state index >= 15 is 0 Å². The maximum atomic E-state index is 13.0. The quantitative estimate of drug-likeness (QED) is 0.363. The summed E-state index contributed by atoms with van der Waals surface area (Å²) in [6.07, 6.45) is 1.59. The number of esters is 1. The van der Waals surface area contributed by atoms with Crippen LogP contribution in [0.15, 0.2) is 64.5 Å². The number of aryl methyl sites for hydroxylation is 1. The Morgan fingerprint density at radius 3 is 2.61 bits per heavy atom. The van der Waals surface area contributed by atoms with Gasteiger partial charge in [-0.15, -0.1) is 0 Å². The Morgan fingerprint density at radius 2 is 1.87 bits per heavy atom. The van der Waals surface area contributed by atoms with Crippen LogP contribution >= 0.6 is 11.6 Å². The van der Waals surface area contributed by atoms with Crippen molar-refractivity contribution >= 4 is 40.2 Å². The molecule has 0 spiro atoms. The van der Waals surface area contributed by atoms with E-state index in [9.17, 15) is 14.4 Å². The number of amides is 1. The summed E-state index contributed by atoms with van der Waals surface area (Å²) in [6, 6.07) is 13.0. The highest BCUT2D eigenvalue weighted by Crippen LogP contribution is 2.16. The molecule has 1 aromatic carbocycles. The molecule has 8 nitrogen and oxygen atoms in total. The molecule has 0 saturated heterocycles. The Kier molecular flexibility index (Phi) is 5.39. The zero-order valence-electron chi connectivity index (χ0n) is 16.7. The number of carbonyl (C=O) groups is 2. The Hall–Kier alpha value is -3.78.